The van der Waals surface area contributed by atoms with Gasteiger partial charge in [-0.05, 0) is 68.7 Å². The van der Waals surface area contributed by atoms with Gasteiger partial charge in [-0.1, -0.05) is 31.1 Å². The third kappa shape index (κ3) is 5.01. The third-order valence-corrected chi connectivity index (χ3v) is 4.72. The summed E-state index contributed by atoms with van der Waals surface area (Å²) < 4.78 is 0. The van der Waals surface area contributed by atoms with Gasteiger partial charge in [0.15, 0.2) is 0 Å². The van der Waals surface area contributed by atoms with Crippen LogP contribution in [0, 0.1) is 12.8 Å². The lowest BCUT2D eigenvalue weighted by molar-refractivity contribution is -0.125. The molecule has 7 heteroatoms. The summed E-state index contributed by atoms with van der Waals surface area (Å²) in [7, 11) is 0. The molecule has 2 amide bonds. The van der Waals surface area contributed by atoms with E-state index in [2.05, 4.69) is 29.2 Å². The molecule has 1 aromatic rings. The SMILES string of the molecule is Cc1ccc2c(c1)N(CC(=O)NC(C)(C)C)C(=O)[C@H](N=[N+]=[N-])C[C@@H]2C(C)C. The molecule has 1 aromatic carbocycles. The van der Waals surface area contributed by atoms with Gasteiger partial charge in [0.25, 0.3) is 0 Å². The third-order valence-electron chi connectivity index (χ3n) is 4.72. The summed E-state index contributed by atoms with van der Waals surface area (Å²) >= 11 is 0. The normalized spacial score (nSPS) is 20.0. The molecule has 0 saturated carbocycles. The number of rotatable bonds is 4. The number of carbonyl (C=O) groups is 2. The molecule has 1 N–H and O–H groups in total. The van der Waals surface area contributed by atoms with Gasteiger partial charge in [-0.2, -0.15) is 0 Å². The fourth-order valence-electron chi connectivity index (χ4n) is 3.52. The average Bonchev–Trinajstić information content (AvgIpc) is 2.64. The minimum Gasteiger partial charge on any atom is -0.350 e. The lowest BCUT2D eigenvalue weighted by Gasteiger charge is -2.28. The van der Waals surface area contributed by atoms with Gasteiger partial charge in [-0.15, -0.1) is 0 Å². The van der Waals surface area contributed by atoms with Crippen LogP contribution in [0.15, 0.2) is 23.3 Å². The number of nitrogens with one attached hydrogen (secondary N) is 1. The first kappa shape index (κ1) is 20.8. The molecule has 2 atom stereocenters. The fourth-order valence-corrected chi connectivity index (χ4v) is 3.52. The number of hydrogen-bond acceptors (Lipinski definition) is 3. The number of benzene rings is 1. The number of fused-ring (bicyclic) bond motifs is 1. The number of amides is 2. The molecule has 7 nitrogen and oxygen atoms in total. The molecule has 2 rings (SSSR count). The molecular formula is C20H29N5O2. The summed E-state index contributed by atoms with van der Waals surface area (Å²) in [6.45, 7) is 11.7. The van der Waals surface area contributed by atoms with Crippen LogP contribution >= 0.6 is 0 Å². The molecule has 1 aliphatic heterocycles. The smallest absolute Gasteiger partial charge is 0.240 e. The Morgan fingerprint density at radius 1 is 1.41 bits per heavy atom. The van der Waals surface area contributed by atoms with Crippen molar-refractivity contribution in [1.82, 2.24) is 5.32 Å². The van der Waals surface area contributed by atoms with Gasteiger partial charge < -0.3 is 10.2 Å². The maximum Gasteiger partial charge on any atom is 0.240 e. The van der Waals surface area contributed by atoms with E-state index in [9.17, 15) is 9.59 Å². The Balaban J connectivity index is 2.54. The van der Waals surface area contributed by atoms with E-state index >= 15 is 0 Å². The first-order valence-corrected chi connectivity index (χ1v) is 9.30. The number of hydrogen-bond donors (Lipinski definition) is 1. The molecule has 27 heavy (non-hydrogen) atoms. The zero-order valence-corrected chi connectivity index (χ0v) is 17.0. The Bertz CT molecular complexity index is 775. The topological polar surface area (TPSA) is 98.2 Å². The first-order chi connectivity index (χ1) is 12.5. The van der Waals surface area contributed by atoms with Crippen molar-refractivity contribution in [3.63, 3.8) is 0 Å². The highest BCUT2D eigenvalue weighted by atomic mass is 16.2. The van der Waals surface area contributed by atoms with Crippen LogP contribution < -0.4 is 10.2 Å². The molecule has 1 heterocycles. The highest BCUT2D eigenvalue weighted by Crippen LogP contribution is 2.40. The zero-order chi connectivity index (χ0) is 20.4. The molecule has 0 spiro atoms. The summed E-state index contributed by atoms with van der Waals surface area (Å²) in [5.41, 5.74) is 11.3. The van der Waals surface area contributed by atoms with E-state index in [0.29, 0.717) is 6.42 Å². The minimum atomic E-state index is -0.822. The van der Waals surface area contributed by atoms with Crippen LogP contribution in [0.25, 0.3) is 10.4 Å². The Kier molecular flexibility index (Phi) is 6.16. The van der Waals surface area contributed by atoms with Crippen LogP contribution in [-0.2, 0) is 9.59 Å². The Morgan fingerprint density at radius 3 is 2.63 bits per heavy atom. The van der Waals surface area contributed by atoms with Gasteiger partial charge in [0.05, 0.1) is 0 Å². The molecule has 0 aromatic heterocycles. The number of anilines is 1. The molecule has 0 aliphatic carbocycles. The number of aryl methyl sites for hydroxylation is 1. The molecule has 0 saturated heterocycles. The molecule has 1 aliphatic rings. The lowest BCUT2D eigenvalue weighted by Crippen LogP contribution is -2.49. The van der Waals surface area contributed by atoms with Crippen LogP contribution in [0.5, 0.6) is 0 Å². The van der Waals surface area contributed by atoms with Crippen LogP contribution in [0.3, 0.4) is 0 Å². The van der Waals surface area contributed by atoms with E-state index in [1.165, 1.54) is 4.90 Å². The summed E-state index contributed by atoms with van der Waals surface area (Å²) in [4.78, 5) is 30.1. The van der Waals surface area contributed by atoms with Gasteiger partial charge in [0, 0.05) is 16.1 Å². The number of nitrogens with zero attached hydrogens (tertiary/aromatic N) is 4. The van der Waals surface area contributed by atoms with Crippen LogP contribution in [-0.4, -0.2) is 29.9 Å². The largest absolute Gasteiger partial charge is 0.350 e. The number of carbonyl (C=O) groups excluding carboxylic acids is 2. The summed E-state index contributed by atoms with van der Waals surface area (Å²) in [5.74, 6) is -0.243. The predicted molar refractivity (Wildman–Crippen MR) is 107 cm³/mol. The van der Waals surface area contributed by atoms with Crippen LogP contribution in [0.1, 0.15) is 58.1 Å². The first-order valence-electron chi connectivity index (χ1n) is 9.30. The minimum absolute atomic E-state index is 0.0655. The second-order valence-corrected chi connectivity index (χ2v) is 8.59. The van der Waals surface area contributed by atoms with Crippen LogP contribution in [0.4, 0.5) is 5.69 Å². The highest BCUT2D eigenvalue weighted by molar-refractivity contribution is 6.03. The summed E-state index contributed by atoms with van der Waals surface area (Å²) in [6, 6.07) is 5.15. The quantitative estimate of drug-likeness (QED) is 0.490. The molecular weight excluding hydrogens is 342 g/mol. The van der Waals surface area contributed by atoms with Gasteiger partial charge in [0.2, 0.25) is 11.8 Å². The van der Waals surface area contributed by atoms with Gasteiger partial charge >= 0.3 is 0 Å². The Morgan fingerprint density at radius 2 is 2.07 bits per heavy atom. The second-order valence-electron chi connectivity index (χ2n) is 8.59. The van der Waals surface area contributed by atoms with Gasteiger partial charge in [-0.3, -0.25) is 9.59 Å². The molecule has 0 unspecified atom stereocenters. The van der Waals surface area contributed by atoms with Crippen molar-refractivity contribution in [2.75, 3.05) is 11.4 Å². The number of azide groups is 1. The lowest BCUT2D eigenvalue weighted by atomic mass is 9.83. The van der Waals surface area contributed by atoms with E-state index < -0.39 is 11.6 Å². The Hall–Kier alpha value is -2.53. The monoisotopic (exact) mass is 371 g/mol. The average molecular weight is 371 g/mol. The van der Waals surface area contributed by atoms with Crippen molar-refractivity contribution in [2.24, 2.45) is 11.0 Å². The highest BCUT2D eigenvalue weighted by Gasteiger charge is 2.36. The standard InChI is InChI=1S/C20H29N5O2/c1-12(2)15-10-16(23-24-21)19(27)25(11-18(26)22-20(4,5)6)17-9-13(3)7-8-14(15)17/h7-9,12,15-16H,10-11H2,1-6H3,(H,22,26)/t15-,16-/m1/s1. The van der Waals surface area contributed by atoms with E-state index in [0.717, 1.165) is 16.8 Å². The van der Waals surface area contributed by atoms with E-state index in [-0.39, 0.29) is 30.2 Å². The van der Waals surface area contributed by atoms with Crippen LogP contribution in [0.2, 0.25) is 0 Å². The van der Waals surface area contributed by atoms with Crippen molar-refractivity contribution >= 4 is 17.5 Å². The van der Waals surface area contributed by atoms with E-state index in [4.69, 9.17) is 5.53 Å². The van der Waals surface area contributed by atoms with Crippen molar-refractivity contribution < 1.29 is 9.59 Å². The van der Waals surface area contributed by atoms with Crippen molar-refractivity contribution in [1.29, 1.82) is 0 Å². The van der Waals surface area contributed by atoms with E-state index in [1.54, 1.807) is 0 Å². The second kappa shape index (κ2) is 8.01. The van der Waals surface area contributed by atoms with E-state index in [1.807, 2.05) is 45.9 Å². The van der Waals surface area contributed by atoms with Gasteiger partial charge in [0.1, 0.15) is 12.6 Å². The maximum absolute atomic E-state index is 13.2. The summed E-state index contributed by atoms with van der Waals surface area (Å²) in [6.07, 6.45) is 0.439. The molecule has 0 radical (unpaired) electrons. The predicted octanol–water partition coefficient (Wildman–Crippen LogP) is 4.06. The van der Waals surface area contributed by atoms with Crippen molar-refractivity contribution in [3.8, 4) is 0 Å². The van der Waals surface area contributed by atoms with Crippen molar-refractivity contribution in [2.45, 2.75) is 65.5 Å². The zero-order valence-electron chi connectivity index (χ0n) is 17.0. The van der Waals surface area contributed by atoms with Crippen molar-refractivity contribution in [3.05, 3.63) is 39.8 Å². The molecule has 146 valence electrons. The molecule has 0 fully saturated rings. The maximum atomic E-state index is 13.2. The fraction of sp³-hybridized carbons (Fsp3) is 0.600. The van der Waals surface area contributed by atoms with Gasteiger partial charge in [-0.25, -0.2) is 0 Å². The Labute approximate surface area is 160 Å². The summed E-state index contributed by atoms with van der Waals surface area (Å²) in [5, 5.41) is 6.65. The molecule has 0 bridgehead atoms.